The van der Waals surface area contributed by atoms with Crippen LogP contribution in [0.2, 0.25) is 0 Å². The minimum Gasteiger partial charge on any atom is -0.508 e. The lowest BCUT2D eigenvalue weighted by molar-refractivity contribution is -0.139. The molecular formula is C12H17NO3. The molecular weight excluding hydrogens is 206 g/mol. The number of carboxylic acids is 1. The van der Waals surface area contributed by atoms with Crippen molar-refractivity contribution in [3.63, 3.8) is 0 Å². The highest BCUT2D eigenvalue weighted by Gasteiger charge is 2.16. The van der Waals surface area contributed by atoms with Crippen LogP contribution >= 0.6 is 0 Å². The highest BCUT2D eigenvalue weighted by atomic mass is 16.4. The standard InChI is InChI=1S/C12H17NO3/c1-3-11(13-8(2)12(15)16)9-4-6-10(14)7-5-9/h4-8,11,13-14H,3H2,1-2H3,(H,15,16). The van der Waals surface area contributed by atoms with Crippen LogP contribution < -0.4 is 5.32 Å². The molecule has 0 aliphatic carbocycles. The highest BCUT2D eigenvalue weighted by molar-refractivity contribution is 5.72. The van der Waals surface area contributed by atoms with Crippen LogP contribution in [0.1, 0.15) is 31.9 Å². The largest absolute Gasteiger partial charge is 0.508 e. The van der Waals surface area contributed by atoms with Gasteiger partial charge in [-0.1, -0.05) is 19.1 Å². The first-order valence-corrected chi connectivity index (χ1v) is 5.32. The fourth-order valence-electron chi connectivity index (χ4n) is 1.53. The van der Waals surface area contributed by atoms with Crippen molar-refractivity contribution in [3.05, 3.63) is 29.8 Å². The SMILES string of the molecule is CCC(NC(C)C(=O)O)c1ccc(O)cc1. The molecule has 0 radical (unpaired) electrons. The Morgan fingerprint density at radius 3 is 2.38 bits per heavy atom. The first-order valence-electron chi connectivity index (χ1n) is 5.32. The van der Waals surface area contributed by atoms with Crippen molar-refractivity contribution in [1.29, 1.82) is 0 Å². The van der Waals surface area contributed by atoms with E-state index >= 15 is 0 Å². The van der Waals surface area contributed by atoms with E-state index in [1.165, 1.54) is 0 Å². The molecule has 4 nitrogen and oxygen atoms in total. The number of aromatic hydroxyl groups is 1. The Morgan fingerprint density at radius 2 is 1.94 bits per heavy atom. The van der Waals surface area contributed by atoms with Crippen molar-refractivity contribution >= 4 is 5.97 Å². The maximum atomic E-state index is 10.7. The zero-order valence-electron chi connectivity index (χ0n) is 9.47. The van der Waals surface area contributed by atoms with Crippen molar-refractivity contribution in [2.24, 2.45) is 0 Å². The summed E-state index contributed by atoms with van der Waals surface area (Å²) in [5.41, 5.74) is 0.980. The van der Waals surface area contributed by atoms with Crippen LogP contribution in [0.3, 0.4) is 0 Å². The summed E-state index contributed by atoms with van der Waals surface area (Å²) in [5.74, 6) is -0.651. The number of benzene rings is 1. The van der Waals surface area contributed by atoms with E-state index in [0.29, 0.717) is 0 Å². The fourth-order valence-corrected chi connectivity index (χ4v) is 1.53. The summed E-state index contributed by atoms with van der Waals surface area (Å²) >= 11 is 0. The van der Waals surface area contributed by atoms with Crippen molar-refractivity contribution < 1.29 is 15.0 Å². The summed E-state index contributed by atoms with van der Waals surface area (Å²) in [6.45, 7) is 3.60. The van der Waals surface area contributed by atoms with Crippen molar-refractivity contribution in [2.45, 2.75) is 32.4 Å². The van der Waals surface area contributed by atoms with Crippen LogP contribution in [0.25, 0.3) is 0 Å². The number of hydrogen-bond acceptors (Lipinski definition) is 3. The summed E-state index contributed by atoms with van der Waals surface area (Å²) in [4.78, 5) is 10.7. The zero-order valence-corrected chi connectivity index (χ0v) is 9.47. The third-order valence-corrected chi connectivity index (χ3v) is 2.53. The molecule has 0 aromatic heterocycles. The summed E-state index contributed by atoms with van der Waals surface area (Å²) in [5, 5.41) is 21.0. The van der Waals surface area contributed by atoms with Crippen LogP contribution in [0.4, 0.5) is 0 Å². The van der Waals surface area contributed by atoms with E-state index in [-0.39, 0.29) is 11.8 Å². The Labute approximate surface area is 94.9 Å². The van der Waals surface area contributed by atoms with Gasteiger partial charge < -0.3 is 10.2 Å². The molecule has 0 spiro atoms. The number of carbonyl (C=O) groups is 1. The molecule has 0 bridgehead atoms. The van der Waals surface area contributed by atoms with Crippen molar-refractivity contribution in [3.8, 4) is 5.75 Å². The highest BCUT2D eigenvalue weighted by Crippen LogP contribution is 2.19. The van der Waals surface area contributed by atoms with E-state index in [2.05, 4.69) is 5.32 Å². The fraction of sp³-hybridized carbons (Fsp3) is 0.417. The number of phenolic OH excluding ortho intramolecular Hbond substituents is 1. The second kappa shape index (κ2) is 5.51. The van der Waals surface area contributed by atoms with Gasteiger partial charge in [0.05, 0.1) is 0 Å². The van der Waals surface area contributed by atoms with Crippen molar-refractivity contribution in [2.75, 3.05) is 0 Å². The predicted octanol–water partition coefficient (Wildman–Crippen LogP) is 1.91. The molecule has 1 aromatic carbocycles. The molecule has 0 saturated carbocycles. The minimum absolute atomic E-state index is 0.00769. The quantitative estimate of drug-likeness (QED) is 0.713. The monoisotopic (exact) mass is 223 g/mol. The van der Waals surface area contributed by atoms with Gasteiger partial charge in [0, 0.05) is 6.04 Å². The molecule has 1 aromatic rings. The van der Waals surface area contributed by atoms with Gasteiger partial charge in [-0.25, -0.2) is 0 Å². The van der Waals surface area contributed by atoms with Gasteiger partial charge in [0.25, 0.3) is 0 Å². The molecule has 2 unspecified atom stereocenters. The number of aliphatic carboxylic acids is 1. The van der Waals surface area contributed by atoms with Crippen LogP contribution in [0.5, 0.6) is 5.75 Å². The smallest absolute Gasteiger partial charge is 0.320 e. The molecule has 4 heteroatoms. The Kier molecular flexibility index (Phi) is 4.31. The van der Waals surface area contributed by atoms with Gasteiger partial charge in [0.15, 0.2) is 0 Å². The van der Waals surface area contributed by atoms with E-state index < -0.39 is 12.0 Å². The van der Waals surface area contributed by atoms with Gasteiger partial charge >= 0.3 is 5.97 Å². The maximum Gasteiger partial charge on any atom is 0.320 e. The minimum atomic E-state index is -0.864. The van der Waals surface area contributed by atoms with E-state index in [9.17, 15) is 4.79 Å². The lowest BCUT2D eigenvalue weighted by Crippen LogP contribution is -2.36. The number of rotatable bonds is 5. The molecule has 2 atom stereocenters. The molecule has 1 rings (SSSR count). The molecule has 88 valence electrons. The van der Waals surface area contributed by atoms with Gasteiger partial charge in [-0.15, -0.1) is 0 Å². The second-order valence-electron chi connectivity index (χ2n) is 3.78. The van der Waals surface area contributed by atoms with Crippen LogP contribution in [0, 0.1) is 0 Å². The number of carboxylic acid groups (broad SMARTS) is 1. The van der Waals surface area contributed by atoms with E-state index in [1.807, 2.05) is 6.92 Å². The lowest BCUT2D eigenvalue weighted by Gasteiger charge is -2.20. The third-order valence-electron chi connectivity index (χ3n) is 2.53. The molecule has 0 heterocycles. The Morgan fingerprint density at radius 1 is 1.38 bits per heavy atom. The van der Waals surface area contributed by atoms with Crippen LogP contribution in [-0.4, -0.2) is 22.2 Å². The zero-order chi connectivity index (χ0) is 12.1. The van der Waals surface area contributed by atoms with Gasteiger partial charge in [-0.2, -0.15) is 0 Å². The number of hydrogen-bond donors (Lipinski definition) is 3. The van der Waals surface area contributed by atoms with Gasteiger partial charge in [0.1, 0.15) is 11.8 Å². The number of phenols is 1. The Balaban J connectivity index is 2.74. The summed E-state index contributed by atoms with van der Waals surface area (Å²) in [7, 11) is 0. The molecule has 3 N–H and O–H groups in total. The van der Waals surface area contributed by atoms with Gasteiger partial charge in [-0.3, -0.25) is 10.1 Å². The Bertz CT molecular complexity index is 348. The lowest BCUT2D eigenvalue weighted by atomic mass is 10.0. The van der Waals surface area contributed by atoms with E-state index in [1.54, 1.807) is 31.2 Å². The molecule has 0 saturated heterocycles. The maximum absolute atomic E-state index is 10.7. The second-order valence-corrected chi connectivity index (χ2v) is 3.78. The molecule has 0 aliphatic heterocycles. The third kappa shape index (κ3) is 3.24. The topological polar surface area (TPSA) is 69.6 Å². The van der Waals surface area contributed by atoms with Gasteiger partial charge in [0.2, 0.25) is 0 Å². The molecule has 0 amide bonds. The van der Waals surface area contributed by atoms with Crippen LogP contribution in [0.15, 0.2) is 24.3 Å². The van der Waals surface area contributed by atoms with Crippen LogP contribution in [-0.2, 0) is 4.79 Å². The average molecular weight is 223 g/mol. The first-order chi connectivity index (χ1) is 7.54. The summed E-state index contributed by atoms with van der Waals surface area (Å²) in [6, 6.07) is 6.21. The van der Waals surface area contributed by atoms with Gasteiger partial charge in [-0.05, 0) is 31.0 Å². The van der Waals surface area contributed by atoms with E-state index in [4.69, 9.17) is 10.2 Å². The Hall–Kier alpha value is -1.55. The van der Waals surface area contributed by atoms with Crippen molar-refractivity contribution in [1.82, 2.24) is 5.32 Å². The molecule has 16 heavy (non-hydrogen) atoms. The first kappa shape index (κ1) is 12.5. The summed E-state index contributed by atoms with van der Waals surface area (Å²) in [6.07, 6.45) is 0.794. The normalized spacial score (nSPS) is 14.4. The number of nitrogens with one attached hydrogen (secondary N) is 1. The van der Waals surface area contributed by atoms with E-state index in [0.717, 1.165) is 12.0 Å². The average Bonchev–Trinajstić information content (AvgIpc) is 2.26. The predicted molar refractivity (Wildman–Crippen MR) is 61.4 cm³/mol. The molecule has 0 fully saturated rings. The molecule has 0 aliphatic rings. The summed E-state index contributed by atoms with van der Waals surface area (Å²) < 4.78 is 0.